The van der Waals surface area contributed by atoms with Crippen molar-refractivity contribution in [3.05, 3.63) is 52.2 Å². The third-order valence-electron chi connectivity index (χ3n) is 4.66. The van der Waals surface area contributed by atoms with Crippen LogP contribution in [-0.4, -0.2) is 21.6 Å². The van der Waals surface area contributed by atoms with E-state index in [4.69, 9.17) is 16.3 Å². The van der Waals surface area contributed by atoms with Gasteiger partial charge in [0.05, 0.1) is 11.1 Å². The van der Waals surface area contributed by atoms with Crippen LogP contribution in [-0.2, 0) is 0 Å². The Morgan fingerprint density at radius 3 is 2.75 bits per heavy atom. The Labute approximate surface area is 152 Å². The molecular formula is C19H22ClNO2S. The molecule has 5 heteroatoms. The summed E-state index contributed by atoms with van der Waals surface area (Å²) in [6.07, 6.45) is 3.16. The Kier molecular flexibility index (Phi) is 5.69. The third-order valence-corrected chi connectivity index (χ3v) is 6.18. The highest BCUT2D eigenvalue weighted by molar-refractivity contribution is 7.99. The molecule has 2 heterocycles. The number of thioether (sulfide) groups is 1. The van der Waals surface area contributed by atoms with E-state index >= 15 is 0 Å². The zero-order valence-electron chi connectivity index (χ0n) is 14.0. The van der Waals surface area contributed by atoms with Crippen LogP contribution in [0.15, 0.2) is 30.5 Å². The van der Waals surface area contributed by atoms with Gasteiger partial charge >= 0.3 is 0 Å². The van der Waals surface area contributed by atoms with Gasteiger partial charge in [0.2, 0.25) is 5.88 Å². The topological polar surface area (TPSA) is 42.4 Å². The minimum Gasteiger partial charge on any atom is -0.437 e. The van der Waals surface area contributed by atoms with Crippen molar-refractivity contribution in [3.8, 4) is 11.6 Å². The molecule has 3 nitrogen and oxygen atoms in total. The van der Waals surface area contributed by atoms with E-state index in [0.29, 0.717) is 16.7 Å². The van der Waals surface area contributed by atoms with Gasteiger partial charge in [-0.15, -0.1) is 0 Å². The molecule has 0 spiro atoms. The Balaban J connectivity index is 1.88. The van der Waals surface area contributed by atoms with E-state index in [2.05, 4.69) is 4.98 Å². The van der Waals surface area contributed by atoms with E-state index in [0.717, 1.165) is 41.0 Å². The first-order chi connectivity index (χ1) is 11.6. The predicted molar refractivity (Wildman–Crippen MR) is 100 cm³/mol. The van der Waals surface area contributed by atoms with Crippen molar-refractivity contribution in [2.24, 2.45) is 5.92 Å². The standard InChI is InChI=1S/C19H22ClNO2S/c1-12-5-6-16(17(20)13(12)2)23-19-15(4-3-9-21-19)18(22)14-7-10-24-11-8-14/h3-6,9,14,18,22H,7-8,10-11H2,1-2H3. The zero-order valence-corrected chi connectivity index (χ0v) is 15.5. The van der Waals surface area contributed by atoms with Crippen LogP contribution in [0.5, 0.6) is 11.6 Å². The lowest BCUT2D eigenvalue weighted by Gasteiger charge is -2.27. The number of ether oxygens (including phenoxy) is 1. The molecule has 1 N–H and O–H groups in total. The Morgan fingerprint density at radius 2 is 2.00 bits per heavy atom. The van der Waals surface area contributed by atoms with Crippen molar-refractivity contribution in [2.75, 3.05) is 11.5 Å². The summed E-state index contributed by atoms with van der Waals surface area (Å²) in [4.78, 5) is 4.34. The van der Waals surface area contributed by atoms with Gasteiger partial charge in [0, 0.05) is 11.8 Å². The average molecular weight is 364 g/mol. The quantitative estimate of drug-likeness (QED) is 0.798. The summed E-state index contributed by atoms with van der Waals surface area (Å²) in [5.41, 5.74) is 2.86. The van der Waals surface area contributed by atoms with Gasteiger partial charge in [-0.25, -0.2) is 4.98 Å². The molecule has 2 aromatic rings. The van der Waals surface area contributed by atoms with Crippen molar-refractivity contribution in [3.63, 3.8) is 0 Å². The number of nitrogens with zero attached hydrogens (tertiary/aromatic N) is 1. The second-order valence-corrected chi connectivity index (χ2v) is 7.82. The van der Waals surface area contributed by atoms with Gasteiger partial charge in [0.15, 0.2) is 0 Å². The summed E-state index contributed by atoms with van der Waals surface area (Å²) in [6.45, 7) is 3.99. The van der Waals surface area contributed by atoms with E-state index in [1.807, 2.05) is 49.9 Å². The first-order valence-corrected chi connectivity index (χ1v) is 9.75. The summed E-state index contributed by atoms with van der Waals surface area (Å²) in [7, 11) is 0. The van der Waals surface area contributed by atoms with Crippen LogP contribution >= 0.6 is 23.4 Å². The van der Waals surface area contributed by atoms with Crippen LogP contribution < -0.4 is 4.74 Å². The second-order valence-electron chi connectivity index (χ2n) is 6.21. The van der Waals surface area contributed by atoms with Gasteiger partial charge in [-0.05, 0) is 73.4 Å². The highest BCUT2D eigenvalue weighted by atomic mass is 35.5. The first kappa shape index (κ1) is 17.6. The minimum absolute atomic E-state index is 0.257. The number of aromatic nitrogens is 1. The summed E-state index contributed by atoms with van der Waals surface area (Å²) >= 11 is 8.36. The van der Waals surface area contributed by atoms with Crippen molar-refractivity contribution in [2.45, 2.75) is 32.8 Å². The minimum atomic E-state index is -0.556. The molecule has 1 atom stereocenters. The molecule has 1 aromatic carbocycles. The third kappa shape index (κ3) is 3.71. The van der Waals surface area contributed by atoms with Gasteiger partial charge < -0.3 is 9.84 Å². The molecule has 24 heavy (non-hydrogen) atoms. The van der Waals surface area contributed by atoms with Crippen LogP contribution in [0.25, 0.3) is 0 Å². The summed E-state index contributed by atoms with van der Waals surface area (Å²) in [5, 5.41) is 11.4. The fraction of sp³-hybridized carbons (Fsp3) is 0.421. The maximum absolute atomic E-state index is 10.8. The van der Waals surface area contributed by atoms with Crippen LogP contribution in [0.2, 0.25) is 5.02 Å². The highest BCUT2D eigenvalue weighted by Gasteiger charge is 2.26. The molecule has 1 aliphatic heterocycles. The number of aliphatic hydroxyl groups is 1. The molecule has 1 aliphatic rings. The maximum Gasteiger partial charge on any atom is 0.225 e. The fourth-order valence-electron chi connectivity index (χ4n) is 2.94. The smallest absolute Gasteiger partial charge is 0.225 e. The SMILES string of the molecule is Cc1ccc(Oc2ncccc2C(O)C2CCSCC2)c(Cl)c1C. The van der Waals surface area contributed by atoms with Crippen LogP contribution in [0.1, 0.15) is 35.6 Å². The molecule has 1 fully saturated rings. The van der Waals surface area contributed by atoms with E-state index in [1.54, 1.807) is 6.20 Å². The highest BCUT2D eigenvalue weighted by Crippen LogP contribution is 2.39. The van der Waals surface area contributed by atoms with Gasteiger partial charge in [0.25, 0.3) is 0 Å². The molecule has 1 aromatic heterocycles. The molecule has 128 valence electrons. The molecule has 3 rings (SSSR count). The number of benzene rings is 1. The molecular weight excluding hydrogens is 342 g/mol. The van der Waals surface area contributed by atoms with Gasteiger partial charge in [-0.2, -0.15) is 11.8 Å². The Morgan fingerprint density at radius 1 is 1.25 bits per heavy atom. The molecule has 1 saturated heterocycles. The summed E-state index contributed by atoms with van der Waals surface area (Å²) in [6, 6.07) is 7.56. The van der Waals surface area contributed by atoms with Crippen molar-refractivity contribution < 1.29 is 9.84 Å². The van der Waals surface area contributed by atoms with Crippen LogP contribution in [0.3, 0.4) is 0 Å². The maximum atomic E-state index is 10.8. The number of aryl methyl sites for hydroxylation is 1. The van der Waals surface area contributed by atoms with E-state index < -0.39 is 6.10 Å². The lowest BCUT2D eigenvalue weighted by Crippen LogP contribution is -2.18. The number of aliphatic hydroxyl groups excluding tert-OH is 1. The zero-order chi connectivity index (χ0) is 17.1. The van der Waals surface area contributed by atoms with Gasteiger partial charge in [-0.3, -0.25) is 0 Å². The Bertz CT molecular complexity index is 717. The predicted octanol–water partition coefficient (Wildman–Crippen LogP) is 5.32. The molecule has 1 unspecified atom stereocenters. The summed E-state index contributed by atoms with van der Waals surface area (Å²) in [5.74, 6) is 3.47. The van der Waals surface area contributed by atoms with Crippen LogP contribution in [0, 0.1) is 19.8 Å². The molecule has 0 radical (unpaired) electrons. The molecule has 0 bridgehead atoms. The monoisotopic (exact) mass is 363 g/mol. The van der Waals surface area contributed by atoms with E-state index in [-0.39, 0.29) is 5.92 Å². The van der Waals surface area contributed by atoms with Crippen molar-refractivity contribution >= 4 is 23.4 Å². The summed E-state index contributed by atoms with van der Waals surface area (Å²) < 4.78 is 5.98. The Hall–Kier alpha value is -1.23. The van der Waals surface area contributed by atoms with Crippen LogP contribution in [0.4, 0.5) is 0 Å². The number of halogens is 1. The average Bonchev–Trinajstić information content (AvgIpc) is 2.63. The van der Waals surface area contributed by atoms with Gasteiger partial charge in [-0.1, -0.05) is 17.7 Å². The number of hydrogen-bond donors (Lipinski definition) is 1. The number of pyridine rings is 1. The van der Waals surface area contributed by atoms with Gasteiger partial charge in [0.1, 0.15) is 5.75 Å². The first-order valence-electron chi connectivity index (χ1n) is 8.22. The lowest BCUT2D eigenvalue weighted by molar-refractivity contribution is 0.100. The lowest BCUT2D eigenvalue weighted by atomic mass is 9.91. The fourth-order valence-corrected chi connectivity index (χ4v) is 4.33. The van der Waals surface area contributed by atoms with E-state index in [1.165, 1.54) is 0 Å². The van der Waals surface area contributed by atoms with Crippen molar-refractivity contribution in [1.29, 1.82) is 0 Å². The molecule has 0 saturated carbocycles. The molecule has 0 amide bonds. The number of rotatable bonds is 4. The number of hydrogen-bond acceptors (Lipinski definition) is 4. The van der Waals surface area contributed by atoms with E-state index in [9.17, 15) is 5.11 Å². The second kappa shape index (κ2) is 7.77. The van der Waals surface area contributed by atoms with Crippen molar-refractivity contribution in [1.82, 2.24) is 4.98 Å². The molecule has 0 aliphatic carbocycles. The normalized spacial score (nSPS) is 16.8. The largest absolute Gasteiger partial charge is 0.437 e.